The Morgan fingerprint density at radius 3 is 2.56 bits per heavy atom. The van der Waals surface area contributed by atoms with E-state index in [1.807, 2.05) is 26.0 Å². The fourth-order valence-corrected chi connectivity index (χ4v) is 5.76. The first-order valence-corrected chi connectivity index (χ1v) is 11.9. The highest BCUT2D eigenvalue weighted by molar-refractivity contribution is 7.07. The molecule has 1 aliphatic heterocycles. The highest BCUT2D eigenvalue weighted by Crippen LogP contribution is 2.43. The summed E-state index contributed by atoms with van der Waals surface area (Å²) in [4.78, 5) is 43.1. The normalized spacial score (nSPS) is 19.4. The molecule has 172 valence electrons. The standard InChI is InChI=1S/C25H20ClN3O4S/c1-25(2)12-17-21(19(30)13-25)22(14-7-9-16(26)10-8-14)28-23(31)20(34-24(28)27-17)11-15-5-3-4-6-18(15)29(32)33/h3-11,22H,12-13H2,1-2H3. The summed E-state index contributed by atoms with van der Waals surface area (Å²) < 4.78 is 1.85. The molecule has 9 heteroatoms. The minimum atomic E-state index is -0.625. The Balaban J connectivity index is 1.78. The van der Waals surface area contributed by atoms with E-state index in [0.29, 0.717) is 44.0 Å². The molecule has 0 saturated heterocycles. The second-order valence-electron chi connectivity index (χ2n) is 9.25. The Bertz CT molecular complexity index is 1560. The number of thiazole rings is 1. The predicted molar refractivity (Wildman–Crippen MR) is 131 cm³/mol. The Morgan fingerprint density at radius 2 is 1.85 bits per heavy atom. The molecule has 7 nitrogen and oxygen atoms in total. The van der Waals surface area contributed by atoms with Gasteiger partial charge in [0, 0.05) is 23.1 Å². The second-order valence-corrected chi connectivity index (χ2v) is 10.7. The number of nitro groups is 1. The maximum atomic E-state index is 13.6. The van der Waals surface area contributed by atoms with Gasteiger partial charge < -0.3 is 0 Å². The van der Waals surface area contributed by atoms with Gasteiger partial charge in [-0.25, -0.2) is 4.99 Å². The number of carbonyl (C=O) groups excluding carboxylic acids is 1. The summed E-state index contributed by atoms with van der Waals surface area (Å²) in [6.45, 7) is 4.07. The molecule has 34 heavy (non-hydrogen) atoms. The monoisotopic (exact) mass is 493 g/mol. The second kappa shape index (κ2) is 8.14. The molecule has 0 radical (unpaired) electrons. The molecule has 0 fully saturated rings. The number of ketones is 1. The average molecular weight is 494 g/mol. The highest BCUT2D eigenvalue weighted by Gasteiger charge is 2.40. The van der Waals surface area contributed by atoms with E-state index in [0.717, 1.165) is 5.56 Å². The quantitative estimate of drug-likeness (QED) is 0.404. The fraction of sp³-hybridized carbons (Fsp3) is 0.240. The molecule has 0 N–H and O–H groups in total. The van der Waals surface area contributed by atoms with Crippen LogP contribution in [-0.2, 0) is 4.79 Å². The van der Waals surface area contributed by atoms with Crippen molar-refractivity contribution in [3.63, 3.8) is 0 Å². The van der Waals surface area contributed by atoms with E-state index in [1.165, 1.54) is 28.0 Å². The van der Waals surface area contributed by atoms with Gasteiger partial charge in [-0.1, -0.05) is 61.1 Å². The van der Waals surface area contributed by atoms with Crippen LogP contribution >= 0.6 is 22.9 Å². The van der Waals surface area contributed by atoms with Crippen LogP contribution in [-0.4, -0.2) is 15.3 Å². The summed E-state index contributed by atoms with van der Waals surface area (Å²) in [7, 11) is 0. The zero-order chi connectivity index (χ0) is 24.2. The van der Waals surface area contributed by atoms with Gasteiger partial charge in [0.05, 0.1) is 26.8 Å². The topological polar surface area (TPSA) is 94.6 Å². The molecule has 0 spiro atoms. The number of aromatic nitrogens is 1. The van der Waals surface area contributed by atoms with Crippen molar-refractivity contribution in [2.45, 2.75) is 32.7 Å². The Morgan fingerprint density at radius 1 is 1.15 bits per heavy atom. The van der Waals surface area contributed by atoms with Crippen molar-refractivity contribution in [2.24, 2.45) is 10.4 Å². The van der Waals surface area contributed by atoms with Crippen LogP contribution in [0.3, 0.4) is 0 Å². The molecule has 2 aliphatic rings. The summed E-state index contributed by atoms with van der Waals surface area (Å²) in [6, 6.07) is 12.7. The van der Waals surface area contributed by atoms with Crippen molar-refractivity contribution >= 4 is 40.5 Å². The summed E-state index contributed by atoms with van der Waals surface area (Å²) in [5.41, 5.74) is 1.67. The van der Waals surface area contributed by atoms with Crippen LogP contribution in [0.2, 0.25) is 5.02 Å². The number of nitro benzene ring substituents is 1. The predicted octanol–water partition coefficient (Wildman–Crippen LogP) is 4.17. The number of hydrogen-bond acceptors (Lipinski definition) is 6. The maximum Gasteiger partial charge on any atom is 0.276 e. The van der Waals surface area contributed by atoms with E-state index in [4.69, 9.17) is 16.6 Å². The number of nitrogens with zero attached hydrogens (tertiary/aromatic N) is 3. The van der Waals surface area contributed by atoms with Gasteiger partial charge in [0.15, 0.2) is 10.6 Å². The molecule has 5 rings (SSSR count). The lowest BCUT2D eigenvalue weighted by atomic mass is 9.73. The van der Waals surface area contributed by atoms with Crippen molar-refractivity contribution in [3.05, 3.63) is 106 Å². The lowest BCUT2D eigenvalue weighted by Crippen LogP contribution is -2.42. The van der Waals surface area contributed by atoms with Crippen molar-refractivity contribution in [1.29, 1.82) is 0 Å². The van der Waals surface area contributed by atoms with Gasteiger partial charge in [-0.05, 0) is 41.7 Å². The first-order chi connectivity index (χ1) is 16.1. The molecule has 2 heterocycles. The molecule has 3 aromatic rings. The summed E-state index contributed by atoms with van der Waals surface area (Å²) in [5.74, 6) is -0.0251. The molecule has 0 bridgehead atoms. The third-order valence-electron chi connectivity index (χ3n) is 6.10. The van der Waals surface area contributed by atoms with Crippen molar-refractivity contribution < 1.29 is 9.72 Å². The number of Topliss-reactive ketones (excluding diaryl/α,β-unsaturated/α-hetero) is 1. The molecular formula is C25H20ClN3O4S. The molecule has 1 unspecified atom stereocenters. The van der Waals surface area contributed by atoms with Gasteiger partial charge in [0.2, 0.25) is 0 Å². The molecule has 2 aromatic carbocycles. The summed E-state index contributed by atoms with van der Waals surface area (Å²) in [6.07, 6.45) is 2.51. The van der Waals surface area contributed by atoms with Crippen LogP contribution in [0, 0.1) is 15.5 Å². The van der Waals surface area contributed by atoms with E-state index in [2.05, 4.69) is 0 Å². The first kappa shape index (κ1) is 22.4. The number of carbonyl (C=O) groups is 1. The van der Waals surface area contributed by atoms with Crippen LogP contribution in [0.15, 0.2) is 69.6 Å². The largest absolute Gasteiger partial charge is 0.294 e. The Kier molecular flexibility index (Phi) is 5.37. The highest BCUT2D eigenvalue weighted by atomic mass is 35.5. The van der Waals surface area contributed by atoms with Crippen molar-refractivity contribution in [1.82, 2.24) is 4.57 Å². The number of allylic oxidation sites excluding steroid dienone is 2. The van der Waals surface area contributed by atoms with Gasteiger partial charge in [0.25, 0.3) is 11.2 Å². The van der Waals surface area contributed by atoms with Gasteiger partial charge in [0.1, 0.15) is 0 Å². The lowest BCUT2D eigenvalue weighted by Gasteiger charge is -2.35. The molecule has 0 saturated carbocycles. The van der Waals surface area contributed by atoms with E-state index in [9.17, 15) is 19.7 Å². The first-order valence-electron chi connectivity index (χ1n) is 10.7. The van der Waals surface area contributed by atoms with E-state index < -0.39 is 11.0 Å². The average Bonchev–Trinajstić information content (AvgIpc) is 3.07. The molecular weight excluding hydrogens is 474 g/mol. The van der Waals surface area contributed by atoms with E-state index in [-0.39, 0.29) is 22.4 Å². The zero-order valence-corrected chi connectivity index (χ0v) is 20.0. The fourth-order valence-electron chi connectivity index (χ4n) is 4.63. The third kappa shape index (κ3) is 3.82. The van der Waals surface area contributed by atoms with Crippen LogP contribution < -0.4 is 14.9 Å². The minimum Gasteiger partial charge on any atom is -0.294 e. The van der Waals surface area contributed by atoms with Crippen LogP contribution in [0.25, 0.3) is 6.08 Å². The number of fused-ring (bicyclic) bond motifs is 1. The lowest BCUT2D eigenvalue weighted by molar-refractivity contribution is -0.385. The zero-order valence-electron chi connectivity index (χ0n) is 18.4. The number of para-hydroxylation sites is 1. The molecule has 1 aromatic heterocycles. The van der Waals surface area contributed by atoms with Crippen LogP contribution in [0.4, 0.5) is 5.69 Å². The number of halogens is 1. The maximum absolute atomic E-state index is 13.6. The van der Waals surface area contributed by atoms with Crippen LogP contribution in [0.1, 0.15) is 43.9 Å². The van der Waals surface area contributed by atoms with Gasteiger partial charge in [-0.3, -0.25) is 24.3 Å². The van der Waals surface area contributed by atoms with Gasteiger partial charge in [-0.2, -0.15) is 0 Å². The Labute approximate surface area is 203 Å². The van der Waals surface area contributed by atoms with Gasteiger partial charge in [-0.15, -0.1) is 0 Å². The molecule has 1 atom stereocenters. The number of rotatable bonds is 3. The molecule has 0 amide bonds. The summed E-state index contributed by atoms with van der Waals surface area (Å²) >= 11 is 7.27. The minimum absolute atomic E-state index is 0.0251. The van der Waals surface area contributed by atoms with Crippen LogP contribution in [0.5, 0.6) is 0 Å². The number of hydrogen-bond donors (Lipinski definition) is 0. The third-order valence-corrected chi connectivity index (χ3v) is 7.34. The van der Waals surface area contributed by atoms with Crippen molar-refractivity contribution in [2.75, 3.05) is 0 Å². The van der Waals surface area contributed by atoms with E-state index in [1.54, 1.807) is 30.3 Å². The molecule has 1 aliphatic carbocycles. The smallest absolute Gasteiger partial charge is 0.276 e. The summed E-state index contributed by atoms with van der Waals surface area (Å²) in [5, 5.41) is 12.0. The van der Waals surface area contributed by atoms with Crippen molar-refractivity contribution in [3.8, 4) is 0 Å². The van der Waals surface area contributed by atoms with Gasteiger partial charge >= 0.3 is 0 Å². The van der Waals surface area contributed by atoms with E-state index >= 15 is 0 Å². The SMILES string of the molecule is CC1(C)CC(=O)C2=C(C1)N=c1sc(=Cc3ccccc3[N+](=O)[O-])c(=O)n1C2c1ccc(Cl)cc1. The number of benzene rings is 2. The Hall–Kier alpha value is -3.36.